The Labute approximate surface area is 146 Å². The summed E-state index contributed by atoms with van der Waals surface area (Å²) >= 11 is 0. The number of carbonyl (C=O) groups excluding carboxylic acids is 2. The number of hydrogen-bond donors (Lipinski definition) is 1. The van der Waals surface area contributed by atoms with Gasteiger partial charge in [0.25, 0.3) is 0 Å². The zero-order valence-electron chi connectivity index (χ0n) is 14.2. The van der Waals surface area contributed by atoms with Crippen molar-refractivity contribution in [1.82, 2.24) is 5.32 Å². The van der Waals surface area contributed by atoms with Crippen molar-refractivity contribution < 1.29 is 14.0 Å². The second kappa shape index (κ2) is 7.47. The highest BCUT2D eigenvalue weighted by atomic mass is 19.1. The van der Waals surface area contributed by atoms with E-state index in [0.717, 1.165) is 28.8 Å². The van der Waals surface area contributed by atoms with Crippen LogP contribution in [0.4, 0.5) is 10.1 Å². The minimum atomic E-state index is -0.257. The maximum absolute atomic E-state index is 12.9. The molecule has 25 heavy (non-hydrogen) atoms. The SMILES string of the molecule is CN1C(=O)CCc2cc(CC(=O)NCCc3ccc(F)cc3)ccc21. The summed E-state index contributed by atoms with van der Waals surface area (Å²) in [5, 5.41) is 2.89. The van der Waals surface area contributed by atoms with E-state index in [1.54, 1.807) is 24.1 Å². The normalized spacial score (nSPS) is 13.5. The van der Waals surface area contributed by atoms with Gasteiger partial charge in [-0.15, -0.1) is 0 Å². The van der Waals surface area contributed by atoms with E-state index >= 15 is 0 Å². The van der Waals surface area contributed by atoms with Gasteiger partial charge < -0.3 is 10.2 Å². The van der Waals surface area contributed by atoms with Gasteiger partial charge in [0.05, 0.1) is 6.42 Å². The van der Waals surface area contributed by atoms with Gasteiger partial charge in [-0.3, -0.25) is 9.59 Å². The molecule has 0 aromatic heterocycles. The number of amides is 2. The molecule has 3 rings (SSSR count). The standard InChI is InChI=1S/C20H21FN2O2/c1-23-18-8-4-15(12-16(18)5-9-20(23)25)13-19(24)22-11-10-14-2-6-17(21)7-3-14/h2-4,6-8,12H,5,9-11,13H2,1H3,(H,22,24). The summed E-state index contributed by atoms with van der Waals surface area (Å²) in [4.78, 5) is 25.5. The van der Waals surface area contributed by atoms with Gasteiger partial charge in [0.2, 0.25) is 11.8 Å². The van der Waals surface area contributed by atoms with Crippen molar-refractivity contribution in [1.29, 1.82) is 0 Å². The first kappa shape index (κ1) is 17.1. The number of carbonyl (C=O) groups is 2. The van der Waals surface area contributed by atoms with Crippen LogP contribution in [0.25, 0.3) is 0 Å². The average molecular weight is 340 g/mol. The molecule has 0 spiro atoms. The molecule has 0 radical (unpaired) electrons. The molecule has 0 saturated carbocycles. The van der Waals surface area contributed by atoms with Crippen LogP contribution in [0.5, 0.6) is 0 Å². The summed E-state index contributed by atoms with van der Waals surface area (Å²) in [6, 6.07) is 12.1. The van der Waals surface area contributed by atoms with Gasteiger partial charge in [-0.1, -0.05) is 24.3 Å². The molecular weight excluding hydrogens is 319 g/mol. The number of fused-ring (bicyclic) bond motifs is 1. The highest BCUT2D eigenvalue weighted by molar-refractivity contribution is 5.96. The third-order valence-corrected chi connectivity index (χ3v) is 4.50. The molecule has 5 heteroatoms. The lowest BCUT2D eigenvalue weighted by molar-refractivity contribution is -0.120. The lowest BCUT2D eigenvalue weighted by Crippen LogP contribution is -2.31. The summed E-state index contributed by atoms with van der Waals surface area (Å²) < 4.78 is 12.9. The molecule has 2 aromatic carbocycles. The first-order valence-electron chi connectivity index (χ1n) is 8.42. The first-order valence-corrected chi connectivity index (χ1v) is 8.42. The van der Waals surface area contributed by atoms with Gasteiger partial charge in [0.15, 0.2) is 0 Å². The molecule has 2 aromatic rings. The molecule has 1 aliphatic rings. The van der Waals surface area contributed by atoms with Crippen molar-refractivity contribution in [2.75, 3.05) is 18.5 Å². The molecule has 130 valence electrons. The molecule has 4 nitrogen and oxygen atoms in total. The topological polar surface area (TPSA) is 49.4 Å². The monoisotopic (exact) mass is 340 g/mol. The Hall–Kier alpha value is -2.69. The largest absolute Gasteiger partial charge is 0.355 e. The molecular formula is C20H21FN2O2. The van der Waals surface area contributed by atoms with Crippen LogP contribution in [-0.4, -0.2) is 25.4 Å². The third kappa shape index (κ3) is 4.24. The van der Waals surface area contributed by atoms with E-state index in [0.29, 0.717) is 25.8 Å². The van der Waals surface area contributed by atoms with Crippen molar-refractivity contribution in [3.05, 3.63) is 65.0 Å². The van der Waals surface area contributed by atoms with Crippen LogP contribution in [0.1, 0.15) is 23.1 Å². The van der Waals surface area contributed by atoms with E-state index in [1.165, 1.54) is 12.1 Å². The zero-order chi connectivity index (χ0) is 17.8. The van der Waals surface area contributed by atoms with Gasteiger partial charge in [-0.05, 0) is 47.7 Å². The average Bonchev–Trinajstić information content (AvgIpc) is 2.60. The van der Waals surface area contributed by atoms with E-state index in [1.807, 2.05) is 18.2 Å². The molecule has 1 heterocycles. The summed E-state index contributed by atoms with van der Waals surface area (Å²) in [7, 11) is 1.78. The molecule has 0 fully saturated rings. The van der Waals surface area contributed by atoms with E-state index in [9.17, 15) is 14.0 Å². The minimum absolute atomic E-state index is 0.0395. The van der Waals surface area contributed by atoms with Crippen LogP contribution in [0.2, 0.25) is 0 Å². The van der Waals surface area contributed by atoms with Gasteiger partial charge >= 0.3 is 0 Å². The summed E-state index contributed by atoms with van der Waals surface area (Å²) in [5.74, 6) is -0.173. The predicted molar refractivity (Wildman–Crippen MR) is 95.0 cm³/mol. The van der Waals surface area contributed by atoms with Crippen molar-refractivity contribution in [3.63, 3.8) is 0 Å². The maximum atomic E-state index is 12.9. The second-order valence-electron chi connectivity index (χ2n) is 6.32. The number of nitrogens with one attached hydrogen (secondary N) is 1. The van der Waals surface area contributed by atoms with Crippen LogP contribution in [0.3, 0.4) is 0 Å². The van der Waals surface area contributed by atoms with Gasteiger partial charge in [-0.25, -0.2) is 4.39 Å². The Bertz CT molecular complexity index is 787. The van der Waals surface area contributed by atoms with Crippen molar-refractivity contribution in [2.45, 2.75) is 25.7 Å². The Morgan fingerprint density at radius 2 is 1.84 bits per heavy atom. The molecule has 2 amide bonds. The zero-order valence-corrected chi connectivity index (χ0v) is 14.2. The Morgan fingerprint density at radius 1 is 1.12 bits per heavy atom. The van der Waals surface area contributed by atoms with E-state index in [2.05, 4.69) is 5.32 Å². The highest BCUT2D eigenvalue weighted by Gasteiger charge is 2.20. The van der Waals surface area contributed by atoms with E-state index in [-0.39, 0.29) is 17.6 Å². The lowest BCUT2D eigenvalue weighted by Gasteiger charge is -2.26. The van der Waals surface area contributed by atoms with Crippen molar-refractivity contribution in [3.8, 4) is 0 Å². The van der Waals surface area contributed by atoms with Crippen molar-refractivity contribution >= 4 is 17.5 Å². The molecule has 1 aliphatic heterocycles. The molecule has 1 N–H and O–H groups in total. The fraction of sp³-hybridized carbons (Fsp3) is 0.300. The van der Waals surface area contributed by atoms with E-state index < -0.39 is 0 Å². The lowest BCUT2D eigenvalue weighted by atomic mass is 9.98. The van der Waals surface area contributed by atoms with Gasteiger partial charge in [0, 0.05) is 25.7 Å². The number of halogens is 1. The van der Waals surface area contributed by atoms with Crippen LogP contribution in [0.15, 0.2) is 42.5 Å². The van der Waals surface area contributed by atoms with Gasteiger partial charge in [0.1, 0.15) is 5.82 Å². The summed E-state index contributed by atoms with van der Waals surface area (Å²) in [6.45, 7) is 0.520. The van der Waals surface area contributed by atoms with Crippen LogP contribution in [0, 0.1) is 5.82 Å². The summed E-state index contributed by atoms with van der Waals surface area (Å²) in [5.41, 5.74) is 3.97. The highest BCUT2D eigenvalue weighted by Crippen LogP contribution is 2.27. The fourth-order valence-electron chi connectivity index (χ4n) is 3.07. The van der Waals surface area contributed by atoms with Gasteiger partial charge in [-0.2, -0.15) is 0 Å². The Morgan fingerprint density at radius 3 is 2.60 bits per heavy atom. The number of rotatable bonds is 5. The number of anilines is 1. The van der Waals surface area contributed by atoms with Crippen molar-refractivity contribution in [2.24, 2.45) is 0 Å². The molecule has 0 bridgehead atoms. The smallest absolute Gasteiger partial charge is 0.227 e. The number of benzene rings is 2. The summed E-state index contributed by atoms with van der Waals surface area (Å²) in [6.07, 6.45) is 2.22. The van der Waals surface area contributed by atoms with E-state index in [4.69, 9.17) is 0 Å². The predicted octanol–water partition coefficient (Wildman–Crippen LogP) is 2.64. The quantitative estimate of drug-likeness (QED) is 0.910. The second-order valence-corrected chi connectivity index (χ2v) is 6.32. The first-order chi connectivity index (χ1) is 12.0. The molecule has 0 atom stereocenters. The molecule has 0 unspecified atom stereocenters. The minimum Gasteiger partial charge on any atom is -0.355 e. The van der Waals surface area contributed by atoms with Crippen LogP contribution < -0.4 is 10.2 Å². The Balaban J connectivity index is 1.53. The maximum Gasteiger partial charge on any atom is 0.227 e. The van der Waals surface area contributed by atoms with Crippen LogP contribution >= 0.6 is 0 Å². The number of nitrogens with zero attached hydrogens (tertiary/aromatic N) is 1. The fourth-order valence-corrected chi connectivity index (χ4v) is 3.07. The molecule has 0 aliphatic carbocycles. The van der Waals surface area contributed by atoms with Crippen LogP contribution in [-0.2, 0) is 28.9 Å². The third-order valence-electron chi connectivity index (χ3n) is 4.50. The molecule has 0 saturated heterocycles. The number of aryl methyl sites for hydroxylation is 1. The number of hydrogen-bond acceptors (Lipinski definition) is 2. The Kier molecular flexibility index (Phi) is 5.12.